The first-order chi connectivity index (χ1) is 14.4. The molecule has 0 N–H and O–H groups in total. The molecule has 4 nitrogen and oxygen atoms in total. The summed E-state index contributed by atoms with van der Waals surface area (Å²) >= 11 is 0. The lowest BCUT2D eigenvalue weighted by Crippen LogP contribution is -2.16. The molecule has 5 rings (SSSR count). The zero-order valence-electron chi connectivity index (χ0n) is 15.1. The van der Waals surface area contributed by atoms with Gasteiger partial charge in [-0.1, -0.05) is 17.3 Å². The summed E-state index contributed by atoms with van der Waals surface area (Å²) in [6, 6.07) is 13.1. The average Bonchev–Trinajstić information content (AvgIpc) is 3.17. The molecule has 0 saturated heterocycles. The van der Waals surface area contributed by atoms with Crippen LogP contribution in [-0.2, 0) is 5.92 Å². The fraction of sp³-hybridized carbons (Fsp3) is 0.0455. The minimum atomic E-state index is -3.52. The largest absolute Gasteiger partial charge is 0.354 e. The van der Waals surface area contributed by atoms with Crippen LogP contribution in [0.25, 0.3) is 33.3 Å². The second-order valence-corrected chi connectivity index (χ2v) is 6.72. The highest BCUT2D eigenvalue weighted by Crippen LogP contribution is 2.39. The number of hydrogen-bond donors (Lipinski definition) is 0. The Morgan fingerprint density at radius 3 is 2.47 bits per heavy atom. The highest BCUT2D eigenvalue weighted by atomic mass is 19.3. The van der Waals surface area contributed by atoms with Gasteiger partial charge in [-0.2, -0.15) is 8.78 Å². The molecule has 0 amide bonds. The molecule has 8 heteroatoms. The molecule has 0 bridgehead atoms. The standard InChI is InChI=1S/C22H11F4N3O/c23-15-9-13(10-16(24)11-15)18-5-6-19-20(28-18)21(29-30-19)22(25,26)14-3-4-17-12(8-14)2-1-7-27-17/h1-11H. The summed E-state index contributed by atoms with van der Waals surface area (Å²) in [6.45, 7) is 0. The Hall–Kier alpha value is -3.81. The van der Waals surface area contributed by atoms with Crippen LogP contribution in [0, 0.1) is 11.6 Å². The summed E-state index contributed by atoms with van der Waals surface area (Å²) in [7, 11) is 0. The number of halogens is 4. The number of rotatable bonds is 3. The maximum absolute atomic E-state index is 15.3. The number of aromatic nitrogens is 3. The molecule has 0 atom stereocenters. The van der Waals surface area contributed by atoms with Crippen molar-refractivity contribution in [2.24, 2.45) is 0 Å². The van der Waals surface area contributed by atoms with Crippen LogP contribution < -0.4 is 0 Å². The zero-order valence-corrected chi connectivity index (χ0v) is 15.1. The number of alkyl halides is 2. The minimum Gasteiger partial charge on any atom is -0.354 e. The molecule has 0 aliphatic carbocycles. The van der Waals surface area contributed by atoms with E-state index >= 15 is 8.78 Å². The monoisotopic (exact) mass is 409 g/mol. The Labute approximate surface area is 166 Å². The second kappa shape index (κ2) is 6.62. The molecule has 0 unspecified atom stereocenters. The topological polar surface area (TPSA) is 51.8 Å². The molecule has 0 saturated carbocycles. The molecule has 0 spiro atoms. The van der Waals surface area contributed by atoms with E-state index < -0.39 is 23.3 Å². The molecule has 0 aliphatic rings. The van der Waals surface area contributed by atoms with E-state index in [4.69, 9.17) is 4.52 Å². The maximum atomic E-state index is 15.3. The molecule has 30 heavy (non-hydrogen) atoms. The number of benzene rings is 2. The quantitative estimate of drug-likeness (QED) is 0.351. The molecule has 0 aliphatic heterocycles. The average molecular weight is 409 g/mol. The number of nitrogens with zero attached hydrogens (tertiary/aromatic N) is 3. The van der Waals surface area contributed by atoms with E-state index in [1.54, 1.807) is 18.3 Å². The van der Waals surface area contributed by atoms with Crippen molar-refractivity contribution in [1.29, 1.82) is 0 Å². The van der Waals surface area contributed by atoms with E-state index in [1.165, 1.54) is 30.3 Å². The van der Waals surface area contributed by atoms with Crippen LogP contribution in [0.15, 0.2) is 71.4 Å². The van der Waals surface area contributed by atoms with E-state index in [1.807, 2.05) is 0 Å². The van der Waals surface area contributed by atoms with Crippen LogP contribution in [0.2, 0.25) is 0 Å². The van der Waals surface area contributed by atoms with Gasteiger partial charge in [-0.25, -0.2) is 13.8 Å². The van der Waals surface area contributed by atoms with E-state index in [9.17, 15) is 8.78 Å². The summed E-state index contributed by atoms with van der Waals surface area (Å²) in [5, 5.41) is 4.09. The second-order valence-electron chi connectivity index (χ2n) is 6.72. The highest BCUT2D eigenvalue weighted by Gasteiger charge is 2.40. The molecule has 0 radical (unpaired) electrons. The summed E-state index contributed by atoms with van der Waals surface area (Å²) in [5.74, 6) is -5.12. The predicted octanol–water partition coefficient (Wildman–Crippen LogP) is 5.86. The molecule has 3 aromatic heterocycles. The van der Waals surface area contributed by atoms with E-state index in [0.29, 0.717) is 10.9 Å². The minimum absolute atomic E-state index is 0.0350. The van der Waals surface area contributed by atoms with Gasteiger partial charge in [-0.3, -0.25) is 4.98 Å². The van der Waals surface area contributed by atoms with E-state index in [-0.39, 0.29) is 27.9 Å². The Balaban J connectivity index is 1.65. The van der Waals surface area contributed by atoms with Gasteiger partial charge in [0.2, 0.25) is 0 Å². The Bertz CT molecular complexity index is 1390. The molecular formula is C22H11F4N3O. The molecular weight excluding hydrogens is 398 g/mol. The Kier molecular flexibility index (Phi) is 4.02. The van der Waals surface area contributed by atoms with E-state index in [0.717, 1.165) is 18.2 Å². The van der Waals surface area contributed by atoms with Crippen molar-refractivity contribution < 1.29 is 22.1 Å². The van der Waals surface area contributed by atoms with E-state index in [2.05, 4.69) is 15.1 Å². The maximum Gasteiger partial charge on any atom is 0.320 e. The summed E-state index contributed by atoms with van der Waals surface area (Å²) < 4.78 is 62.8. The number of fused-ring (bicyclic) bond motifs is 2. The molecule has 0 fully saturated rings. The summed E-state index contributed by atoms with van der Waals surface area (Å²) in [6.07, 6.45) is 1.58. The van der Waals surface area contributed by atoms with Crippen LogP contribution >= 0.6 is 0 Å². The third kappa shape index (κ3) is 2.97. The van der Waals surface area contributed by atoms with Gasteiger partial charge in [0, 0.05) is 28.8 Å². The van der Waals surface area contributed by atoms with Crippen LogP contribution in [0.4, 0.5) is 17.6 Å². The SMILES string of the molecule is Fc1cc(F)cc(-c2ccc3onc(C(F)(F)c4ccc5ncccc5c4)c3n2)c1. The first-order valence-corrected chi connectivity index (χ1v) is 8.88. The normalized spacial score (nSPS) is 12.0. The molecule has 2 aromatic carbocycles. The van der Waals surface area contributed by atoms with Crippen molar-refractivity contribution in [3.63, 3.8) is 0 Å². The van der Waals surface area contributed by atoms with Crippen LogP contribution in [0.5, 0.6) is 0 Å². The van der Waals surface area contributed by atoms with Gasteiger partial charge in [0.05, 0.1) is 11.2 Å². The van der Waals surface area contributed by atoms with Gasteiger partial charge in [-0.15, -0.1) is 0 Å². The first-order valence-electron chi connectivity index (χ1n) is 8.88. The Morgan fingerprint density at radius 2 is 1.67 bits per heavy atom. The van der Waals surface area contributed by atoms with Gasteiger partial charge in [-0.05, 0) is 42.5 Å². The van der Waals surface area contributed by atoms with Gasteiger partial charge >= 0.3 is 5.92 Å². The fourth-order valence-corrected chi connectivity index (χ4v) is 3.30. The van der Waals surface area contributed by atoms with Crippen LogP contribution in [0.3, 0.4) is 0 Å². The lowest BCUT2D eigenvalue weighted by Gasteiger charge is -2.14. The third-order valence-electron chi connectivity index (χ3n) is 4.74. The lowest BCUT2D eigenvalue weighted by molar-refractivity contribution is 0.0361. The summed E-state index contributed by atoms with van der Waals surface area (Å²) in [4.78, 5) is 8.28. The molecule has 3 heterocycles. The predicted molar refractivity (Wildman–Crippen MR) is 102 cm³/mol. The molecule has 5 aromatic rings. The fourth-order valence-electron chi connectivity index (χ4n) is 3.30. The first kappa shape index (κ1) is 18.2. The number of pyridine rings is 2. The van der Waals surface area contributed by atoms with Crippen molar-refractivity contribution in [1.82, 2.24) is 15.1 Å². The number of hydrogen-bond acceptors (Lipinski definition) is 4. The van der Waals surface area contributed by atoms with Gasteiger partial charge in [0.25, 0.3) is 0 Å². The van der Waals surface area contributed by atoms with Crippen molar-refractivity contribution in [2.45, 2.75) is 5.92 Å². The van der Waals surface area contributed by atoms with Gasteiger partial charge in [0.1, 0.15) is 17.2 Å². The molecule has 148 valence electrons. The summed E-state index contributed by atoms with van der Waals surface area (Å²) in [5.41, 5.74) is -0.330. The zero-order chi connectivity index (χ0) is 20.9. The van der Waals surface area contributed by atoms with Crippen molar-refractivity contribution in [3.05, 3.63) is 89.8 Å². The highest BCUT2D eigenvalue weighted by molar-refractivity contribution is 5.82. The van der Waals surface area contributed by atoms with Crippen molar-refractivity contribution in [3.8, 4) is 11.3 Å². The van der Waals surface area contributed by atoms with Gasteiger partial charge in [0.15, 0.2) is 11.3 Å². The van der Waals surface area contributed by atoms with Crippen LogP contribution in [-0.4, -0.2) is 15.1 Å². The van der Waals surface area contributed by atoms with Crippen molar-refractivity contribution >= 4 is 22.0 Å². The smallest absolute Gasteiger partial charge is 0.320 e. The third-order valence-corrected chi connectivity index (χ3v) is 4.74. The van der Waals surface area contributed by atoms with Crippen molar-refractivity contribution in [2.75, 3.05) is 0 Å². The van der Waals surface area contributed by atoms with Gasteiger partial charge < -0.3 is 4.52 Å². The Morgan fingerprint density at radius 1 is 0.867 bits per heavy atom. The lowest BCUT2D eigenvalue weighted by atomic mass is 10.0. The van der Waals surface area contributed by atoms with Crippen LogP contribution in [0.1, 0.15) is 11.3 Å².